The average Bonchev–Trinajstić information content (AvgIpc) is 2.29. The van der Waals surface area contributed by atoms with Crippen molar-refractivity contribution in [1.82, 2.24) is 0 Å². The second-order valence-corrected chi connectivity index (χ2v) is 3.89. The van der Waals surface area contributed by atoms with E-state index in [-0.39, 0.29) is 5.69 Å². The molecule has 1 aromatic rings. The molecule has 0 heterocycles. The minimum atomic E-state index is -0.481. The SMILES string of the molecule is CCC/C(=C/c1ccc([N+](=O)[O-])cc1)C(=O)Cl. The van der Waals surface area contributed by atoms with E-state index in [1.54, 1.807) is 18.2 Å². The molecule has 1 aromatic carbocycles. The molecule has 0 amide bonds. The highest BCUT2D eigenvalue weighted by molar-refractivity contribution is 6.68. The van der Waals surface area contributed by atoms with Crippen LogP contribution in [0.15, 0.2) is 29.8 Å². The molecule has 0 aliphatic rings. The number of nitro groups is 1. The summed E-state index contributed by atoms with van der Waals surface area (Å²) in [6, 6.07) is 5.98. The van der Waals surface area contributed by atoms with Crippen LogP contribution in [0.25, 0.3) is 6.08 Å². The molecule has 5 heteroatoms. The molecule has 0 aromatic heterocycles. The molecule has 0 N–H and O–H groups in total. The Balaban J connectivity index is 2.96. The van der Waals surface area contributed by atoms with Crippen LogP contribution in [-0.2, 0) is 4.79 Å². The fourth-order valence-electron chi connectivity index (χ4n) is 1.39. The van der Waals surface area contributed by atoms with E-state index in [1.165, 1.54) is 12.1 Å². The van der Waals surface area contributed by atoms with Crippen molar-refractivity contribution in [2.45, 2.75) is 19.8 Å². The van der Waals surface area contributed by atoms with Crippen molar-refractivity contribution in [3.05, 3.63) is 45.5 Å². The van der Waals surface area contributed by atoms with E-state index in [4.69, 9.17) is 11.6 Å². The molecule has 0 bridgehead atoms. The van der Waals surface area contributed by atoms with Gasteiger partial charge >= 0.3 is 0 Å². The Morgan fingerprint density at radius 3 is 2.41 bits per heavy atom. The van der Waals surface area contributed by atoms with Crippen molar-refractivity contribution < 1.29 is 9.72 Å². The van der Waals surface area contributed by atoms with Crippen molar-refractivity contribution in [2.24, 2.45) is 0 Å². The van der Waals surface area contributed by atoms with Crippen molar-refractivity contribution in [1.29, 1.82) is 0 Å². The number of nitrogens with zero attached hydrogens (tertiary/aromatic N) is 1. The second-order valence-electron chi connectivity index (χ2n) is 3.54. The largest absolute Gasteiger partial charge is 0.276 e. The van der Waals surface area contributed by atoms with Crippen LogP contribution in [0.4, 0.5) is 5.69 Å². The predicted octanol–water partition coefficient (Wildman–Crippen LogP) is 3.54. The molecule has 0 spiro atoms. The van der Waals surface area contributed by atoms with Gasteiger partial charge in [0.2, 0.25) is 5.24 Å². The number of rotatable bonds is 5. The third-order valence-corrected chi connectivity index (χ3v) is 2.46. The number of carbonyl (C=O) groups is 1. The molecule has 0 saturated heterocycles. The zero-order chi connectivity index (χ0) is 12.8. The minimum absolute atomic E-state index is 0.0244. The Kier molecular flexibility index (Phi) is 4.84. The van der Waals surface area contributed by atoms with Crippen molar-refractivity contribution >= 4 is 28.6 Å². The lowest BCUT2D eigenvalue weighted by atomic mass is 10.1. The predicted molar refractivity (Wildman–Crippen MR) is 66.8 cm³/mol. The summed E-state index contributed by atoms with van der Waals surface area (Å²) >= 11 is 5.44. The topological polar surface area (TPSA) is 60.2 Å². The molecule has 0 fully saturated rings. The van der Waals surface area contributed by atoms with E-state index in [2.05, 4.69) is 0 Å². The maximum atomic E-state index is 11.1. The quantitative estimate of drug-likeness (QED) is 0.349. The van der Waals surface area contributed by atoms with Crippen LogP contribution in [0.2, 0.25) is 0 Å². The Morgan fingerprint density at radius 1 is 1.41 bits per heavy atom. The van der Waals surface area contributed by atoms with Crippen molar-refractivity contribution in [3.63, 3.8) is 0 Å². The second kappa shape index (κ2) is 6.15. The van der Waals surface area contributed by atoms with Gasteiger partial charge in [-0.15, -0.1) is 0 Å². The van der Waals surface area contributed by atoms with E-state index in [0.29, 0.717) is 12.0 Å². The highest BCUT2D eigenvalue weighted by Gasteiger charge is 2.06. The van der Waals surface area contributed by atoms with E-state index in [1.807, 2.05) is 6.92 Å². The van der Waals surface area contributed by atoms with Crippen LogP contribution >= 0.6 is 11.6 Å². The lowest BCUT2D eigenvalue weighted by molar-refractivity contribution is -0.384. The third kappa shape index (κ3) is 4.00. The van der Waals surface area contributed by atoms with Gasteiger partial charge in [-0.3, -0.25) is 14.9 Å². The molecule has 0 saturated carbocycles. The zero-order valence-corrected chi connectivity index (χ0v) is 10.1. The molecular weight excluding hydrogens is 242 g/mol. The first kappa shape index (κ1) is 13.4. The molecular formula is C12H12ClNO3. The summed E-state index contributed by atoms with van der Waals surface area (Å²) in [6.45, 7) is 1.95. The van der Waals surface area contributed by atoms with E-state index in [0.717, 1.165) is 12.0 Å². The number of benzene rings is 1. The number of carbonyl (C=O) groups excluding carboxylic acids is 1. The number of nitro benzene ring substituents is 1. The third-order valence-electron chi connectivity index (χ3n) is 2.22. The summed E-state index contributed by atoms with van der Waals surface area (Å²) in [5, 5.41) is 9.98. The summed E-state index contributed by atoms with van der Waals surface area (Å²) in [4.78, 5) is 21.1. The van der Waals surface area contributed by atoms with Crippen LogP contribution < -0.4 is 0 Å². The van der Waals surface area contributed by atoms with E-state index in [9.17, 15) is 14.9 Å². The monoisotopic (exact) mass is 253 g/mol. The number of halogens is 1. The fourth-order valence-corrected chi connectivity index (χ4v) is 1.54. The van der Waals surface area contributed by atoms with Crippen molar-refractivity contribution in [2.75, 3.05) is 0 Å². The summed E-state index contributed by atoms with van der Waals surface area (Å²) < 4.78 is 0. The summed E-state index contributed by atoms with van der Waals surface area (Å²) in [5.74, 6) is 0. The number of non-ortho nitro benzene ring substituents is 1. The van der Waals surface area contributed by atoms with Crippen LogP contribution in [0.3, 0.4) is 0 Å². The molecule has 0 atom stereocenters. The van der Waals surface area contributed by atoms with Gasteiger partial charge in [0.05, 0.1) is 4.92 Å². The normalized spacial score (nSPS) is 11.3. The molecule has 0 unspecified atom stereocenters. The number of hydrogen-bond acceptors (Lipinski definition) is 3. The van der Waals surface area contributed by atoms with Crippen LogP contribution in [0.1, 0.15) is 25.3 Å². The first-order valence-electron chi connectivity index (χ1n) is 5.19. The molecule has 0 aliphatic heterocycles. The summed E-state index contributed by atoms with van der Waals surface area (Å²) in [7, 11) is 0. The minimum Gasteiger partial charge on any atom is -0.276 e. The van der Waals surface area contributed by atoms with Crippen LogP contribution in [-0.4, -0.2) is 10.2 Å². The Bertz CT molecular complexity index is 451. The van der Waals surface area contributed by atoms with E-state index >= 15 is 0 Å². The van der Waals surface area contributed by atoms with Crippen molar-refractivity contribution in [3.8, 4) is 0 Å². The fraction of sp³-hybridized carbons (Fsp3) is 0.250. The van der Waals surface area contributed by atoms with Gasteiger partial charge in [0.15, 0.2) is 0 Å². The van der Waals surface area contributed by atoms with Gasteiger partial charge in [0, 0.05) is 17.7 Å². The maximum absolute atomic E-state index is 11.1. The number of hydrogen-bond donors (Lipinski definition) is 0. The molecule has 4 nitrogen and oxygen atoms in total. The van der Waals surface area contributed by atoms with Gasteiger partial charge in [-0.2, -0.15) is 0 Å². The maximum Gasteiger partial charge on any atom is 0.269 e. The molecule has 0 radical (unpaired) electrons. The first-order chi connectivity index (χ1) is 8.04. The standard InChI is InChI=1S/C12H12ClNO3/c1-2-3-10(12(13)15)8-9-4-6-11(7-5-9)14(16)17/h4-8H,2-3H2,1H3/b10-8-. The molecule has 90 valence electrons. The van der Waals surface area contributed by atoms with Gasteiger partial charge < -0.3 is 0 Å². The highest BCUT2D eigenvalue weighted by Crippen LogP contribution is 2.17. The van der Waals surface area contributed by atoms with Gasteiger partial charge in [-0.25, -0.2) is 0 Å². The lowest BCUT2D eigenvalue weighted by Gasteiger charge is -2.00. The first-order valence-corrected chi connectivity index (χ1v) is 5.57. The highest BCUT2D eigenvalue weighted by atomic mass is 35.5. The van der Waals surface area contributed by atoms with E-state index < -0.39 is 10.2 Å². The Labute approximate surface area is 104 Å². The van der Waals surface area contributed by atoms with Crippen LogP contribution in [0, 0.1) is 10.1 Å². The van der Waals surface area contributed by atoms with Gasteiger partial charge in [0.25, 0.3) is 5.69 Å². The zero-order valence-electron chi connectivity index (χ0n) is 9.35. The summed E-state index contributed by atoms with van der Waals surface area (Å²) in [5.41, 5.74) is 1.27. The Morgan fingerprint density at radius 2 is 2.00 bits per heavy atom. The van der Waals surface area contributed by atoms with Crippen LogP contribution in [0.5, 0.6) is 0 Å². The Hall–Kier alpha value is -1.68. The molecule has 1 rings (SSSR count). The van der Waals surface area contributed by atoms with Gasteiger partial charge in [-0.05, 0) is 41.8 Å². The van der Waals surface area contributed by atoms with Gasteiger partial charge in [-0.1, -0.05) is 13.3 Å². The average molecular weight is 254 g/mol. The lowest BCUT2D eigenvalue weighted by Crippen LogP contribution is -1.93. The molecule has 0 aliphatic carbocycles. The number of allylic oxidation sites excluding steroid dienone is 1. The smallest absolute Gasteiger partial charge is 0.269 e. The summed E-state index contributed by atoms with van der Waals surface area (Å²) in [6.07, 6.45) is 3.07. The van der Waals surface area contributed by atoms with Gasteiger partial charge in [0.1, 0.15) is 0 Å². The molecule has 17 heavy (non-hydrogen) atoms.